The van der Waals surface area contributed by atoms with Crippen LogP contribution in [0, 0.1) is 6.92 Å². The molecular formula is C11H17ClN4O3S2. The van der Waals surface area contributed by atoms with Gasteiger partial charge in [-0.3, -0.25) is 0 Å². The van der Waals surface area contributed by atoms with Crippen LogP contribution in [-0.2, 0) is 10.0 Å². The Labute approximate surface area is 133 Å². The van der Waals surface area contributed by atoms with Crippen LogP contribution in [0.4, 0.5) is 4.79 Å². The zero-order valence-corrected chi connectivity index (χ0v) is 14.4. The van der Waals surface area contributed by atoms with Gasteiger partial charge < -0.3 is 9.80 Å². The van der Waals surface area contributed by atoms with Crippen molar-refractivity contribution in [1.82, 2.24) is 19.1 Å². The number of aryl methyl sites for hydroxylation is 1. The smallest absolute Gasteiger partial charge is 0.319 e. The lowest BCUT2D eigenvalue weighted by Gasteiger charge is -2.35. The number of urea groups is 1. The van der Waals surface area contributed by atoms with Gasteiger partial charge in [-0.2, -0.15) is 4.31 Å². The summed E-state index contributed by atoms with van der Waals surface area (Å²) in [6.45, 7) is 2.93. The summed E-state index contributed by atoms with van der Waals surface area (Å²) >= 11 is 6.74. The maximum absolute atomic E-state index is 12.6. The van der Waals surface area contributed by atoms with Crippen molar-refractivity contribution in [2.24, 2.45) is 0 Å². The number of carbonyl (C=O) groups excluding carboxylic acids is 1. The largest absolute Gasteiger partial charge is 0.331 e. The van der Waals surface area contributed by atoms with E-state index in [2.05, 4.69) is 4.98 Å². The van der Waals surface area contributed by atoms with Gasteiger partial charge in [-0.15, -0.1) is 0 Å². The highest BCUT2D eigenvalue weighted by Gasteiger charge is 2.33. The van der Waals surface area contributed by atoms with Gasteiger partial charge in [-0.05, 0) is 6.92 Å². The zero-order valence-electron chi connectivity index (χ0n) is 12.0. The summed E-state index contributed by atoms with van der Waals surface area (Å²) in [5.41, 5.74) is 0.414. The molecular weight excluding hydrogens is 336 g/mol. The number of amides is 2. The molecule has 1 saturated heterocycles. The van der Waals surface area contributed by atoms with E-state index < -0.39 is 10.0 Å². The Kier molecular flexibility index (Phi) is 4.76. The molecule has 0 saturated carbocycles. The SMILES string of the molecule is Cc1nc(Cl)sc1S(=O)(=O)N1CCN(C(=O)N(C)C)CC1. The molecule has 118 valence electrons. The Morgan fingerprint density at radius 3 is 2.29 bits per heavy atom. The topological polar surface area (TPSA) is 73.8 Å². The minimum absolute atomic E-state index is 0.107. The predicted octanol–water partition coefficient (Wildman–Crippen LogP) is 1.09. The lowest BCUT2D eigenvalue weighted by Crippen LogP contribution is -2.52. The molecule has 0 N–H and O–H groups in total. The number of hydrogen-bond donors (Lipinski definition) is 0. The highest BCUT2D eigenvalue weighted by atomic mass is 35.5. The molecule has 7 nitrogen and oxygen atoms in total. The van der Waals surface area contributed by atoms with Crippen LogP contribution >= 0.6 is 22.9 Å². The number of hydrogen-bond acceptors (Lipinski definition) is 5. The van der Waals surface area contributed by atoms with Crippen LogP contribution in [-0.4, -0.2) is 73.8 Å². The molecule has 0 bridgehead atoms. The van der Waals surface area contributed by atoms with Crippen molar-refractivity contribution in [3.05, 3.63) is 10.2 Å². The average Bonchev–Trinajstić information content (AvgIpc) is 2.77. The first-order valence-electron chi connectivity index (χ1n) is 6.33. The summed E-state index contributed by atoms with van der Waals surface area (Å²) in [5.74, 6) is 0. The molecule has 0 atom stereocenters. The lowest BCUT2D eigenvalue weighted by atomic mass is 10.4. The van der Waals surface area contributed by atoms with E-state index in [-0.39, 0.29) is 27.8 Å². The number of piperazine rings is 1. The molecule has 0 aromatic carbocycles. The van der Waals surface area contributed by atoms with Crippen molar-refractivity contribution < 1.29 is 13.2 Å². The van der Waals surface area contributed by atoms with Crippen molar-refractivity contribution in [2.75, 3.05) is 40.3 Å². The van der Waals surface area contributed by atoms with Crippen LogP contribution in [0.15, 0.2) is 4.21 Å². The Morgan fingerprint density at radius 1 is 1.29 bits per heavy atom. The molecule has 2 amide bonds. The number of thiazole rings is 1. The molecule has 0 unspecified atom stereocenters. The second-order valence-corrected chi connectivity index (χ2v) is 8.62. The lowest BCUT2D eigenvalue weighted by molar-refractivity contribution is 0.149. The molecule has 0 radical (unpaired) electrons. The normalized spacial score (nSPS) is 17.0. The molecule has 1 fully saturated rings. The van der Waals surface area contributed by atoms with Crippen LogP contribution in [0.1, 0.15) is 5.69 Å². The highest BCUT2D eigenvalue weighted by Crippen LogP contribution is 2.29. The maximum Gasteiger partial charge on any atom is 0.319 e. The Hall–Kier alpha value is -0.900. The minimum atomic E-state index is -3.59. The molecule has 21 heavy (non-hydrogen) atoms. The van der Waals surface area contributed by atoms with Gasteiger partial charge in [-0.1, -0.05) is 22.9 Å². The molecule has 2 heterocycles. The van der Waals surface area contributed by atoms with Crippen LogP contribution in [0.3, 0.4) is 0 Å². The van der Waals surface area contributed by atoms with Crippen molar-refractivity contribution in [3.63, 3.8) is 0 Å². The predicted molar refractivity (Wildman–Crippen MR) is 81.3 cm³/mol. The van der Waals surface area contributed by atoms with Crippen molar-refractivity contribution >= 4 is 39.0 Å². The van der Waals surface area contributed by atoms with Crippen LogP contribution in [0.2, 0.25) is 4.47 Å². The fourth-order valence-corrected chi connectivity index (χ4v) is 5.41. The second kappa shape index (κ2) is 6.07. The van der Waals surface area contributed by atoms with Gasteiger partial charge in [0.15, 0.2) is 8.68 Å². The first-order valence-corrected chi connectivity index (χ1v) is 8.96. The number of rotatable bonds is 2. The summed E-state index contributed by atoms with van der Waals surface area (Å²) in [5, 5.41) is 0. The van der Waals surface area contributed by atoms with E-state index >= 15 is 0 Å². The van der Waals surface area contributed by atoms with Crippen molar-refractivity contribution in [3.8, 4) is 0 Å². The summed E-state index contributed by atoms with van der Waals surface area (Å²) in [7, 11) is -0.238. The van der Waals surface area contributed by atoms with Crippen LogP contribution < -0.4 is 0 Å². The summed E-state index contributed by atoms with van der Waals surface area (Å²) in [6, 6.07) is -0.107. The first kappa shape index (κ1) is 16.5. The van der Waals surface area contributed by atoms with Gasteiger partial charge in [0.25, 0.3) is 10.0 Å². The number of carbonyl (C=O) groups is 1. The van der Waals surface area contributed by atoms with Crippen molar-refractivity contribution in [2.45, 2.75) is 11.1 Å². The third-order valence-electron chi connectivity index (χ3n) is 3.19. The van der Waals surface area contributed by atoms with E-state index in [1.807, 2.05) is 0 Å². The highest BCUT2D eigenvalue weighted by molar-refractivity contribution is 7.91. The van der Waals surface area contributed by atoms with Gasteiger partial charge in [0.1, 0.15) is 0 Å². The fourth-order valence-electron chi connectivity index (χ4n) is 2.11. The Bertz CT molecular complexity index is 636. The second-order valence-electron chi connectivity index (χ2n) is 4.91. The summed E-state index contributed by atoms with van der Waals surface area (Å²) in [6.07, 6.45) is 0. The first-order chi connectivity index (χ1) is 9.73. The zero-order chi connectivity index (χ0) is 15.8. The number of halogens is 1. The molecule has 1 aliphatic heterocycles. The van der Waals surface area contributed by atoms with Gasteiger partial charge in [0, 0.05) is 40.3 Å². The Morgan fingerprint density at radius 2 is 1.86 bits per heavy atom. The van der Waals surface area contributed by atoms with E-state index in [0.29, 0.717) is 18.8 Å². The van der Waals surface area contributed by atoms with E-state index in [0.717, 1.165) is 11.3 Å². The molecule has 0 spiro atoms. The molecule has 1 aromatic heterocycles. The monoisotopic (exact) mass is 352 g/mol. The molecule has 2 rings (SSSR count). The molecule has 10 heteroatoms. The van der Waals surface area contributed by atoms with Crippen molar-refractivity contribution in [1.29, 1.82) is 0 Å². The van der Waals surface area contributed by atoms with E-state index in [9.17, 15) is 13.2 Å². The molecule has 0 aliphatic carbocycles. The number of aromatic nitrogens is 1. The fraction of sp³-hybridized carbons (Fsp3) is 0.636. The molecule has 1 aliphatic rings. The third-order valence-corrected chi connectivity index (χ3v) is 6.94. The van der Waals surface area contributed by atoms with Gasteiger partial charge >= 0.3 is 6.03 Å². The van der Waals surface area contributed by atoms with Gasteiger partial charge in [0.2, 0.25) is 0 Å². The van der Waals surface area contributed by atoms with Crippen LogP contribution in [0.5, 0.6) is 0 Å². The average molecular weight is 353 g/mol. The van der Waals surface area contributed by atoms with E-state index in [4.69, 9.17) is 11.6 Å². The summed E-state index contributed by atoms with van der Waals surface area (Å²) < 4.78 is 26.9. The number of nitrogens with zero attached hydrogens (tertiary/aromatic N) is 4. The third kappa shape index (κ3) is 3.31. The quantitative estimate of drug-likeness (QED) is 0.798. The summed E-state index contributed by atoms with van der Waals surface area (Å²) in [4.78, 5) is 18.9. The van der Waals surface area contributed by atoms with Crippen LogP contribution in [0.25, 0.3) is 0 Å². The number of sulfonamides is 1. The van der Waals surface area contributed by atoms with E-state index in [1.54, 1.807) is 25.9 Å². The minimum Gasteiger partial charge on any atom is -0.331 e. The standard InChI is InChI=1S/C11H17ClN4O3S2/c1-8-9(20-10(12)13-8)21(18,19)16-6-4-15(5-7-16)11(17)14(2)3/h4-7H2,1-3H3. The van der Waals surface area contributed by atoms with Gasteiger partial charge in [-0.25, -0.2) is 18.2 Å². The maximum atomic E-state index is 12.6. The van der Waals surface area contributed by atoms with Gasteiger partial charge in [0.05, 0.1) is 5.69 Å². The van der Waals surface area contributed by atoms with E-state index in [1.165, 1.54) is 9.21 Å². The molecule has 1 aromatic rings. The Balaban J connectivity index is 2.11.